The zero-order chi connectivity index (χ0) is 23.9. The van der Waals surface area contributed by atoms with Crippen molar-refractivity contribution >= 4 is 45.7 Å². The van der Waals surface area contributed by atoms with Gasteiger partial charge in [0, 0.05) is 22.8 Å². The third-order valence-electron chi connectivity index (χ3n) is 7.06. The van der Waals surface area contributed by atoms with Crippen LogP contribution in [0, 0.1) is 0 Å². The van der Waals surface area contributed by atoms with Crippen LogP contribution in [0.15, 0.2) is 36.8 Å². The summed E-state index contributed by atoms with van der Waals surface area (Å²) in [4.78, 5) is 19.1. The van der Waals surface area contributed by atoms with Crippen LogP contribution in [0.1, 0.15) is 31.2 Å². The lowest BCUT2D eigenvalue weighted by Crippen LogP contribution is -2.56. The van der Waals surface area contributed by atoms with Gasteiger partial charge >= 0.3 is 0 Å². The average Bonchev–Trinajstić information content (AvgIpc) is 3.38. The number of hydrogen-bond acceptors (Lipinski definition) is 6. The van der Waals surface area contributed by atoms with Crippen molar-refractivity contribution in [3.63, 3.8) is 0 Å². The largest absolute Gasteiger partial charge is 0.389 e. The first-order valence-corrected chi connectivity index (χ1v) is 12.2. The van der Waals surface area contributed by atoms with Crippen LogP contribution in [0.5, 0.6) is 0 Å². The minimum atomic E-state index is -0.459. The Morgan fingerprint density at radius 3 is 2.71 bits per heavy atom. The number of nitrogens with one attached hydrogen (secondary N) is 1. The van der Waals surface area contributed by atoms with Crippen molar-refractivity contribution in [3.8, 4) is 0 Å². The number of fused-ring (bicyclic) bond motifs is 1. The molecule has 2 aliphatic rings. The number of amides is 1. The molecule has 0 bridgehead atoms. The van der Waals surface area contributed by atoms with Crippen molar-refractivity contribution in [1.82, 2.24) is 19.7 Å². The zero-order valence-corrected chi connectivity index (χ0v) is 20.4. The number of benzene rings is 1. The Balaban J connectivity index is 1.29. The summed E-state index contributed by atoms with van der Waals surface area (Å²) in [5.74, 6) is 0.564. The Morgan fingerprint density at radius 2 is 2.03 bits per heavy atom. The molecule has 1 aromatic carbocycles. The van der Waals surface area contributed by atoms with Crippen LogP contribution in [-0.4, -0.2) is 68.6 Å². The molecule has 0 saturated carbocycles. The predicted molar refractivity (Wildman–Crippen MR) is 131 cm³/mol. The molecule has 3 aromatic rings. The summed E-state index contributed by atoms with van der Waals surface area (Å²) in [6, 6.07) is 5.92. The predicted octanol–water partition coefficient (Wildman–Crippen LogP) is 3.71. The molecular weight excluding hydrogens is 477 g/mol. The number of likely N-dealkylation sites (tertiary alicyclic amines) is 1. The Bertz CT molecular complexity index is 1210. The number of aliphatic hydroxyl groups excluding tert-OH is 1. The number of aliphatic hydroxyl groups is 1. The van der Waals surface area contributed by atoms with Gasteiger partial charge in [-0.3, -0.25) is 14.4 Å². The summed E-state index contributed by atoms with van der Waals surface area (Å²) in [5.41, 5.74) is 0.787. The molecule has 0 radical (unpaired) electrons. The number of aromatic nitrogens is 3. The van der Waals surface area contributed by atoms with Crippen molar-refractivity contribution in [2.24, 2.45) is 0 Å². The number of nitrogens with zero attached hydrogens (tertiary/aromatic N) is 4. The van der Waals surface area contributed by atoms with Crippen LogP contribution in [0.3, 0.4) is 0 Å². The molecule has 0 spiro atoms. The fourth-order valence-electron chi connectivity index (χ4n) is 4.98. The number of rotatable bonds is 5. The summed E-state index contributed by atoms with van der Waals surface area (Å²) in [6.07, 6.45) is 6.25. The van der Waals surface area contributed by atoms with Gasteiger partial charge in [-0.1, -0.05) is 23.2 Å². The third-order valence-corrected chi connectivity index (χ3v) is 7.58. The molecule has 10 heteroatoms. The van der Waals surface area contributed by atoms with Gasteiger partial charge in [-0.2, -0.15) is 5.10 Å². The van der Waals surface area contributed by atoms with Gasteiger partial charge in [0.2, 0.25) is 5.91 Å². The van der Waals surface area contributed by atoms with Crippen LogP contribution in [0.2, 0.25) is 10.0 Å². The quantitative estimate of drug-likeness (QED) is 0.551. The summed E-state index contributed by atoms with van der Waals surface area (Å²) in [6.45, 7) is 4.85. The second kappa shape index (κ2) is 9.43. The van der Waals surface area contributed by atoms with Crippen molar-refractivity contribution in [2.75, 3.05) is 31.6 Å². The molecule has 34 heavy (non-hydrogen) atoms. The van der Waals surface area contributed by atoms with E-state index in [4.69, 9.17) is 27.9 Å². The highest BCUT2D eigenvalue weighted by atomic mass is 35.5. The molecule has 4 heterocycles. The first-order valence-electron chi connectivity index (χ1n) is 11.4. The fraction of sp³-hybridized carbons (Fsp3) is 0.458. The van der Waals surface area contributed by atoms with Crippen molar-refractivity contribution in [1.29, 1.82) is 0 Å². The smallest absolute Gasteiger partial charge is 0.247 e. The highest BCUT2D eigenvalue weighted by molar-refractivity contribution is 6.32. The summed E-state index contributed by atoms with van der Waals surface area (Å²) in [7, 11) is 0. The van der Waals surface area contributed by atoms with Crippen LogP contribution in [0.25, 0.3) is 10.8 Å². The van der Waals surface area contributed by atoms with E-state index in [0.717, 1.165) is 47.3 Å². The van der Waals surface area contributed by atoms with E-state index >= 15 is 0 Å². The van der Waals surface area contributed by atoms with Gasteiger partial charge < -0.3 is 15.2 Å². The van der Waals surface area contributed by atoms with E-state index in [2.05, 4.69) is 33.3 Å². The topological polar surface area (TPSA) is 92.5 Å². The van der Waals surface area contributed by atoms with E-state index in [9.17, 15) is 9.90 Å². The maximum atomic E-state index is 12.4. The molecule has 2 N–H and O–H groups in total. The summed E-state index contributed by atoms with van der Waals surface area (Å²) >= 11 is 12.5. The Hall–Kier alpha value is -2.23. The number of carbonyl (C=O) groups excluding carboxylic acids is 1. The zero-order valence-electron chi connectivity index (χ0n) is 18.9. The Morgan fingerprint density at radius 1 is 1.24 bits per heavy atom. The van der Waals surface area contributed by atoms with E-state index < -0.39 is 6.10 Å². The molecule has 5 rings (SSSR count). The van der Waals surface area contributed by atoms with E-state index in [-0.39, 0.29) is 18.0 Å². The number of carbonyl (C=O) groups is 1. The second-order valence-corrected chi connectivity index (χ2v) is 10.2. The van der Waals surface area contributed by atoms with E-state index in [0.29, 0.717) is 30.0 Å². The molecule has 1 amide bonds. The van der Waals surface area contributed by atoms with Gasteiger partial charge in [-0.25, -0.2) is 4.98 Å². The lowest BCUT2D eigenvalue weighted by molar-refractivity contribution is -0.116. The van der Waals surface area contributed by atoms with Crippen LogP contribution >= 0.6 is 23.2 Å². The van der Waals surface area contributed by atoms with Gasteiger partial charge in [0.05, 0.1) is 36.1 Å². The maximum Gasteiger partial charge on any atom is 0.247 e. The highest BCUT2D eigenvalue weighted by Gasteiger charge is 2.45. The van der Waals surface area contributed by atoms with Crippen molar-refractivity contribution in [2.45, 2.75) is 43.9 Å². The van der Waals surface area contributed by atoms with Gasteiger partial charge in [-0.15, -0.1) is 0 Å². The van der Waals surface area contributed by atoms with Crippen LogP contribution in [-0.2, 0) is 16.1 Å². The molecule has 2 atom stereocenters. The van der Waals surface area contributed by atoms with E-state index in [1.165, 1.54) is 10.9 Å². The number of pyridine rings is 1. The van der Waals surface area contributed by atoms with Crippen LogP contribution < -0.4 is 5.32 Å². The second-order valence-electron chi connectivity index (χ2n) is 9.34. The molecule has 0 unspecified atom stereocenters. The number of hydrogen-bond donors (Lipinski definition) is 2. The van der Waals surface area contributed by atoms with Gasteiger partial charge in [0.25, 0.3) is 0 Å². The molecule has 8 nitrogen and oxygen atoms in total. The standard InChI is InChI=1S/C24H27Cl2N5O3/c1-24(14-34-13-21(24)32)30-4-2-15(3-5-30)19-6-16-8-22(27-9-17(16)7-20(19)26)29-23(33)12-31-11-18(25)10-28-31/h6-11,15,21,32H,2-5,12-14H2,1H3,(H,27,29,33)/t21-,24+/m1/s1. The number of halogens is 2. The van der Waals surface area contributed by atoms with Crippen molar-refractivity contribution < 1.29 is 14.6 Å². The molecule has 2 saturated heterocycles. The fourth-order valence-corrected chi connectivity index (χ4v) is 5.46. The van der Waals surface area contributed by atoms with Gasteiger partial charge in [-0.05, 0) is 67.9 Å². The van der Waals surface area contributed by atoms with Gasteiger partial charge in [0.15, 0.2) is 0 Å². The first-order chi connectivity index (χ1) is 16.3. The number of piperidine rings is 1. The molecule has 2 aliphatic heterocycles. The third kappa shape index (κ3) is 4.65. The normalized spacial score (nSPS) is 24.1. The Labute approximate surface area is 207 Å². The first kappa shape index (κ1) is 23.5. The average molecular weight is 504 g/mol. The monoisotopic (exact) mass is 503 g/mol. The lowest BCUT2D eigenvalue weighted by Gasteiger charge is -2.43. The minimum Gasteiger partial charge on any atom is -0.389 e. The van der Waals surface area contributed by atoms with Crippen LogP contribution in [0.4, 0.5) is 5.82 Å². The summed E-state index contributed by atoms with van der Waals surface area (Å²) in [5, 5.41) is 20.3. The number of ether oxygens (including phenoxy) is 1. The molecule has 2 fully saturated rings. The molecule has 2 aromatic heterocycles. The maximum absolute atomic E-state index is 12.4. The summed E-state index contributed by atoms with van der Waals surface area (Å²) < 4.78 is 6.99. The lowest BCUT2D eigenvalue weighted by atomic mass is 9.85. The minimum absolute atomic E-state index is 0.0511. The molecule has 180 valence electrons. The van der Waals surface area contributed by atoms with Gasteiger partial charge in [0.1, 0.15) is 12.4 Å². The highest BCUT2D eigenvalue weighted by Crippen LogP contribution is 2.38. The van der Waals surface area contributed by atoms with E-state index in [1.807, 2.05) is 12.1 Å². The SMILES string of the molecule is C[C@]1(N2CCC(c3cc4cc(NC(=O)Cn5cc(Cl)cn5)ncc4cc3Cl)CC2)COC[C@H]1O. The Kier molecular flexibility index (Phi) is 6.52. The van der Waals surface area contributed by atoms with Crippen molar-refractivity contribution in [3.05, 3.63) is 52.4 Å². The molecular formula is C24H27Cl2N5O3. The number of anilines is 1. The molecule has 0 aliphatic carbocycles. The van der Waals surface area contributed by atoms with E-state index in [1.54, 1.807) is 12.4 Å².